The van der Waals surface area contributed by atoms with Gasteiger partial charge in [-0.2, -0.15) is 0 Å². The summed E-state index contributed by atoms with van der Waals surface area (Å²) in [6.07, 6.45) is 0.968. The van der Waals surface area contributed by atoms with Crippen LogP contribution in [0, 0.1) is 17.0 Å². The van der Waals surface area contributed by atoms with Crippen molar-refractivity contribution in [2.75, 3.05) is 18.5 Å². The Balaban J connectivity index is 2.45. The Morgan fingerprint density at radius 2 is 2.16 bits per heavy atom. The molecule has 1 aromatic carbocycles. The first-order chi connectivity index (χ1) is 9.02. The van der Waals surface area contributed by atoms with Gasteiger partial charge in [0, 0.05) is 30.8 Å². The van der Waals surface area contributed by atoms with Gasteiger partial charge in [-0.1, -0.05) is 0 Å². The van der Waals surface area contributed by atoms with Gasteiger partial charge in [0.1, 0.15) is 0 Å². The molecule has 6 nitrogen and oxygen atoms in total. The third-order valence-corrected chi connectivity index (χ3v) is 2.47. The van der Waals surface area contributed by atoms with Crippen LogP contribution in [0.4, 0.5) is 11.4 Å². The Hall–Kier alpha value is -2.11. The maximum absolute atomic E-state index is 11.1. The van der Waals surface area contributed by atoms with Gasteiger partial charge >= 0.3 is 5.97 Å². The Morgan fingerprint density at radius 3 is 2.79 bits per heavy atom. The average molecular weight is 266 g/mol. The average Bonchev–Trinajstić information content (AvgIpc) is 2.34. The number of hydrogen-bond acceptors (Lipinski definition) is 5. The van der Waals surface area contributed by atoms with Crippen molar-refractivity contribution in [3.8, 4) is 0 Å². The molecule has 0 aliphatic heterocycles. The number of esters is 1. The number of nitrogens with zero attached hydrogens (tertiary/aromatic N) is 1. The summed E-state index contributed by atoms with van der Waals surface area (Å²) in [6.45, 7) is 4.52. The molecule has 0 saturated heterocycles. The van der Waals surface area contributed by atoms with E-state index in [1.807, 2.05) is 6.07 Å². The molecule has 0 aliphatic carbocycles. The summed E-state index contributed by atoms with van der Waals surface area (Å²) in [4.78, 5) is 21.4. The summed E-state index contributed by atoms with van der Waals surface area (Å²) < 4.78 is 4.81. The summed E-state index contributed by atoms with van der Waals surface area (Å²) in [5.41, 5.74) is 1.57. The number of anilines is 1. The smallest absolute Gasteiger partial charge is 0.305 e. The number of nitro benzene ring substituents is 1. The van der Waals surface area contributed by atoms with Crippen LogP contribution in [0.2, 0.25) is 0 Å². The van der Waals surface area contributed by atoms with E-state index in [-0.39, 0.29) is 11.7 Å². The van der Waals surface area contributed by atoms with Crippen molar-refractivity contribution in [2.45, 2.75) is 26.7 Å². The molecule has 0 saturated carbocycles. The van der Waals surface area contributed by atoms with Crippen LogP contribution in [0.25, 0.3) is 0 Å². The number of rotatable bonds is 7. The molecule has 0 unspecified atom stereocenters. The van der Waals surface area contributed by atoms with Gasteiger partial charge in [0.2, 0.25) is 0 Å². The van der Waals surface area contributed by atoms with E-state index in [2.05, 4.69) is 5.32 Å². The number of nitro groups is 1. The van der Waals surface area contributed by atoms with Crippen LogP contribution < -0.4 is 5.32 Å². The van der Waals surface area contributed by atoms with Crippen LogP contribution in [0.3, 0.4) is 0 Å². The van der Waals surface area contributed by atoms with Crippen molar-refractivity contribution in [3.05, 3.63) is 33.9 Å². The van der Waals surface area contributed by atoms with Gasteiger partial charge in [-0.3, -0.25) is 14.9 Å². The molecule has 0 amide bonds. The zero-order chi connectivity index (χ0) is 14.3. The second-order valence-corrected chi connectivity index (χ2v) is 4.15. The Morgan fingerprint density at radius 1 is 1.42 bits per heavy atom. The van der Waals surface area contributed by atoms with Crippen molar-refractivity contribution >= 4 is 17.3 Å². The third kappa shape index (κ3) is 5.37. The molecule has 0 aromatic heterocycles. The molecule has 19 heavy (non-hydrogen) atoms. The van der Waals surface area contributed by atoms with Crippen molar-refractivity contribution < 1.29 is 14.5 Å². The highest BCUT2D eigenvalue weighted by atomic mass is 16.6. The molecule has 0 atom stereocenters. The van der Waals surface area contributed by atoms with Gasteiger partial charge in [-0.25, -0.2) is 0 Å². The molecule has 0 heterocycles. The first kappa shape index (κ1) is 14.9. The van der Waals surface area contributed by atoms with Gasteiger partial charge in [-0.05, 0) is 31.9 Å². The lowest BCUT2D eigenvalue weighted by Gasteiger charge is -2.07. The fourth-order valence-electron chi connectivity index (χ4n) is 1.67. The quantitative estimate of drug-likeness (QED) is 0.355. The topological polar surface area (TPSA) is 81.5 Å². The van der Waals surface area contributed by atoms with Gasteiger partial charge in [0.25, 0.3) is 5.69 Å². The monoisotopic (exact) mass is 266 g/mol. The van der Waals surface area contributed by atoms with Gasteiger partial charge in [0.05, 0.1) is 11.5 Å². The number of hydrogen-bond donors (Lipinski definition) is 1. The number of aryl methyl sites for hydroxylation is 1. The van der Waals surface area contributed by atoms with E-state index < -0.39 is 4.92 Å². The summed E-state index contributed by atoms with van der Waals surface area (Å²) >= 11 is 0. The molecule has 104 valence electrons. The molecule has 0 fully saturated rings. The molecule has 0 bridgehead atoms. The molecule has 6 heteroatoms. The summed E-state index contributed by atoms with van der Waals surface area (Å²) in [5, 5.41) is 13.8. The van der Waals surface area contributed by atoms with Crippen molar-refractivity contribution in [1.29, 1.82) is 0 Å². The third-order valence-electron chi connectivity index (χ3n) is 2.47. The number of non-ortho nitro benzene ring substituents is 1. The van der Waals surface area contributed by atoms with Gasteiger partial charge < -0.3 is 10.1 Å². The first-order valence-electron chi connectivity index (χ1n) is 6.18. The molecule has 0 spiro atoms. The Bertz CT molecular complexity index is 460. The number of carbonyl (C=O) groups excluding carboxylic acids is 1. The lowest BCUT2D eigenvalue weighted by Crippen LogP contribution is -2.08. The van der Waals surface area contributed by atoms with E-state index in [0.29, 0.717) is 31.7 Å². The SMILES string of the molecule is CCOC(=O)CCCNc1cc(C)cc([N+](=O)[O-])c1. The van der Waals surface area contributed by atoms with Gasteiger partial charge in [-0.15, -0.1) is 0 Å². The zero-order valence-electron chi connectivity index (χ0n) is 11.1. The molecular formula is C13H18N2O4. The van der Waals surface area contributed by atoms with E-state index in [4.69, 9.17) is 4.74 Å². The van der Waals surface area contributed by atoms with Crippen molar-refractivity contribution in [1.82, 2.24) is 0 Å². The molecule has 1 N–H and O–H groups in total. The highest BCUT2D eigenvalue weighted by Gasteiger charge is 2.08. The van der Waals surface area contributed by atoms with E-state index >= 15 is 0 Å². The normalized spacial score (nSPS) is 10.0. The second kappa shape index (κ2) is 7.35. The largest absolute Gasteiger partial charge is 0.466 e. The van der Waals surface area contributed by atoms with Crippen LogP contribution in [-0.4, -0.2) is 24.0 Å². The maximum atomic E-state index is 11.1. The standard InChI is InChI=1S/C13H18N2O4/c1-3-19-13(16)5-4-6-14-11-7-10(2)8-12(9-11)15(17)18/h7-9,14H,3-6H2,1-2H3. The molecular weight excluding hydrogens is 248 g/mol. The number of benzene rings is 1. The second-order valence-electron chi connectivity index (χ2n) is 4.15. The minimum atomic E-state index is -0.420. The van der Waals surface area contributed by atoms with E-state index in [0.717, 1.165) is 5.56 Å². The predicted octanol–water partition coefficient (Wildman–Crippen LogP) is 2.66. The van der Waals surface area contributed by atoms with Crippen molar-refractivity contribution in [2.24, 2.45) is 0 Å². The highest BCUT2D eigenvalue weighted by Crippen LogP contribution is 2.20. The number of carbonyl (C=O) groups is 1. The predicted molar refractivity (Wildman–Crippen MR) is 72.2 cm³/mol. The minimum Gasteiger partial charge on any atom is -0.466 e. The highest BCUT2D eigenvalue weighted by molar-refractivity contribution is 5.69. The van der Waals surface area contributed by atoms with Crippen LogP contribution in [0.15, 0.2) is 18.2 Å². The summed E-state index contributed by atoms with van der Waals surface area (Å²) in [7, 11) is 0. The number of nitrogens with one attached hydrogen (secondary N) is 1. The Labute approximate surface area is 111 Å². The van der Waals surface area contributed by atoms with E-state index in [9.17, 15) is 14.9 Å². The molecule has 1 aromatic rings. The zero-order valence-corrected chi connectivity index (χ0v) is 11.1. The lowest BCUT2D eigenvalue weighted by molar-refractivity contribution is -0.384. The fraction of sp³-hybridized carbons (Fsp3) is 0.462. The Kier molecular flexibility index (Phi) is 5.78. The minimum absolute atomic E-state index is 0.0629. The van der Waals surface area contributed by atoms with Gasteiger partial charge in [0.15, 0.2) is 0 Å². The van der Waals surface area contributed by atoms with E-state index in [1.54, 1.807) is 13.8 Å². The maximum Gasteiger partial charge on any atom is 0.305 e. The number of ether oxygens (including phenoxy) is 1. The van der Waals surface area contributed by atoms with Crippen LogP contribution in [0.5, 0.6) is 0 Å². The fourth-order valence-corrected chi connectivity index (χ4v) is 1.67. The van der Waals surface area contributed by atoms with E-state index in [1.165, 1.54) is 12.1 Å². The van der Waals surface area contributed by atoms with Crippen LogP contribution >= 0.6 is 0 Å². The first-order valence-corrected chi connectivity index (χ1v) is 6.18. The summed E-state index contributed by atoms with van der Waals surface area (Å²) in [5.74, 6) is -0.223. The molecule has 0 aliphatic rings. The summed E-state index contributed by atoms with van der Waals surface area (Å²) in [6, 6.07) is 4.83. The van der Waals surface area contributed by atoms with Crippen molar-refractivity contribution in [3.63, 3.8) is 0 Å². The van der Waals surface area contributed by atoms with Crippen LogP contribution in [-0.2, 0) is 9.53 Å². The molecule has 1 rings (SSSR count). The van der Waals surface area contributed by atoms with Crippen LogP contribution in [0.1, 0.15) is 25.3 Å². The lowest BCUT2D eigenvalue weighted by atomic mass is 10.2. The molecule has 0 radical (unpaired) electrons.